The minimum absolute atomic E-state index is 0.0157. The number of ether oxygens (including phenoxy) is 1. The van der Waals surface area contributed by atoms with Crippen LogP contribution in [-0.2, 0) is 0 Å². The van der Waals surface area contributed by atoms with Gasteiger partial charge in [0.25, 0.3) is 0 Å². The molecule has 0 spiro atoms. The predicted octanol–water partition coefficient (Wildman–Crippen LogP) is 2.34. The number of nitrogens with one attached hydrogen (secondary N) is 1. The maximum Gasteiger partial charge on any atom is 0.392 e. The minimum atomic E-state index is -4.27. The summed E-state index contributed by atoms with van der Waals surface area (Å²) in [4.78, 5) is 7.49. The van der Waals surface area contributed by atoms with E-state index >= 15 is 0 Å². The molecule has 0 bridgehead atoms. The molecule has 0 amide bonds. The quantitative estimate of drug-likeness (QED) is 0.866. The summed E-state index contributed by atoms with van der Waals surface area (Å²) in [6.07, 6.45) is -3.98. The van der Waals surface area contributed by atoms with Crippen LogP contribution in [0.5, 0.6) is 5.88 Å². The lowest BCUT2D eigenvalue weighted by Gasteiger charge is -2.08. The van der Waals surface area contributed by atoms with Crippen molar-refractivity contribution in [3.8, 4) is 5.88 Å². The number of aromatic amines is 1. The van der Waals surface area contributed by atoms with E-state index in [1.54, 1.807) is 0 Å². The van der Waals surface area contributed by atoms with E-state index < -0.39 is 19.2 Å². The van der Waals surface area contributed by atoms with Crippen molar-refractivity contribution in [3.63, 3.8) is 0 Å². The molecule has 0 atom stereocenters. The normalized spacial score (nSPS) is 12.0. The summed E-state index contributed by atoms with van der Waals surface area (Å²) in [7, 11) is 0. The maximum atomic E-state index is 11.9. The lowest BCUT2D eigenvalue weighted by molar-refractivity contribution is -0.139. The zero-order valence-corrected chi connectivity index (χ0v) is 9.01. The summed E-state index contributed by atoms with van der Waals surface area (Å²) in [5, 5.41) is 6.46. The lowest BCUT2D eigenvalue weighted by atomic mass is 10.4. The average molecular weight is 267 g/mol. The fourth-order valence-electron chi connectivity index (χ4n) is 1.16. The van der Waals surface area contributed by atoms with Crippen LogP contribution < -0.4 is 4.74 Å². The van der Waals surface area contributed by atoms with Crippen molar-refractivity contribution < 1.29 is 17.9 Å². The van der Waals surface area contributed by atoms with Gasteiger partial charge < -0.3 is 4.74 Å². The molecule has 0 unspecified atom stereocenters. The predicted molar refractivity (Wildman–Crippen MR) is 52.9 cm³/mol. The summed E-state index contributed by atoms with van der Waals surface area (Å²) < 4.78 is 40.7. The molecule has 0 saturated carbocycles. The Bertz CT molecular complexity index is 527. The number of hydrogen-bond acceptors (Lipinski definition) is 4. The number of nitrogens with zero attached hydrogens (tertiary/aromatic N) is 3. The highest BCUT2D eigenvalue weighted by molar-refractivity contribution is 6.28. The van der Waals surface area contributed by atoms with Crippen LogP contribution in [0.4, 0.5) is 13.2 Å². The molecule has 2 aromatic rings. The van der Waals surface area contributed by atoms with Crippen LogP contribution >= 0.6 is 11.6 Å². The standard InChI is InChI=1S/C8H6ClF3N4O/c9-7-14-5-4(3-13-16-5)6(15-7)17-2-1-8(10,11)12/h3H,1-2H2,(H,13,14,15,16). The Hall–Kier alpha value is -1.57. The summed E-state index contributed by atoms with van der Waals surface area (Å²) in [6, 6.07) is 0. The molecule has 0 aromatic carbocycles. The van der Waals surface area contributed by atoms with Gasteiger partial charge in [-0.15, -0.1) is 0 Å². The number of rotatable bonds is 3. The zero-order valence-electron chi connectivity index (χ0n) is 8.25. The van der Waals surface area contributed by atoms with Gasteiger partial charge in [0, 0.05) is 0 Å². The van der Waals surface area contributed by atoms with Gasteiger partial charge in [-0.05, 0) is 11.6 Å². The van der Waals surface area contributed by atoms with Gasteiger partial charge in [0.05, 0.1) is 19.2 Å². The highest BCUT2D eigenvalue weighted by atomic mass is 35.5. The first-order valence-electron chi connectivity index (χ1n) is 4.52. The third-order valence-electron chi connectivity index (χ3n) is 1.87. The third-order valence-corrected chi connectivity index (χ3v) is 2.04. The Balaban J connectivity index is 2.15. The summed E-state index contributed by atoms with van der Waals surface area (Å²) in [5.41, 5.74) is 0.312. The van der Waals surface area contributed by atoms with Crippen molar-refractivity contribution in [2.75, 3.05) is 6.61 Å². The van der Waals surface area contributed by atoms with Crippen LogP contribution in [0.3, 0.4) is 0 Å². The van der Waals surface area contributed by atoms with Crippen LogP contribution in [-0.4, -0.2) is 32.9 Å². The molecular weight excluding hydrogens is 261 g/mol. The largest absolute Gasteiger partial charge is 0.477 e. The van der Waals surface area contributed by atoms with E-state index in [1.165, 1.54) is 6.20 Å². The summed E-state index contributed by atoms with van der Waals surface area (Å²) in [6.45, 7) is -0.531. The van der Waals surface area contributed by atoms with E-state index in [-0.39, 0.29) is 11.2 Å². The van der Waals surface area contributed by atoms with Gasteiger partial charge in [0.2, 0.25) is 11.2 Å². The van der Waals surface area contributed by atoms with Gasteiger partial charge in [-0.25, -0.2) is 0 Å². The molecular formula is C8H6ClF3N4O. The van der Waals surface area contributed by atoms with Gasteiger partial charge in [-0.1, -0.05) is 0 Å². The third kappa shape index (κ3) is 2.96. The smallest absolute Gasteiger partial charge is 0.392 e. The molecule has 17 heavy (non-hydrogen) atoms. The molecule has 2 aromatic heterocycles. The van der Waals surface area contributed by atoms with Gasteiger partial charge in [0.15, 0.2) is 5.65 Å². The first-order chi connectivity index (χ1) is 7.96. The van der Waals surface area contributed by atoms with E-state index in [0.717, 1.165) is 0 Å². The van der Waals surface area contributed by atoms with Gasteiger partial charge >= 0.3 is 6.18 Å². The minimum Gasteiger partial charge on any atom is -0.477 e. The van der Waals surface area contributed by atoms with Crippen molar-refractivity contribution in [3.05, 3.63) is 11.5 Å². The van der Waals surface area contributed by atoms with Crippen molar-refractivity contribution in [2.24, 2.45) is 0 Å². The molecule has 2 rings (SSSR count). The first-order valence-corrected chi connectivity index (χ1v) is 4.90. The second-order valence-electron chi connectivity index (χ2n) is 3.14. The highest BCUT2D eigenvalue weighted by Crippen LogP contribution is 2.24. The van der Waals surface area contributed by atoms with Crippen molar-refractivity contribution >= 4 is 22.6 Å². The molecule has 5 nitrogen and oxygen atoms in total. The Kier molecular flexibility index (Phi) is 3.05. The van der Waals surface area contributed by atoms with Gasteiger partial charge in [0.1, 0.15) is 5.39 Å². The van der Waals surface area contributed by atoms with Crippen LogP contribution in [0.1, 0.15) is 6.42 Å². The van der Waals surface area contributed by atoms with E-state index in [1.807, 2.05) is 0 Å². The average Bonchev–Trinajstić information content (AvgIpc) is 2.63. The molecule has 1 N–H and O–H groups in total. The molecule has 0 saturated heterocycles. The molecule has 0 aliphatic rings. The molecule has 92 valence electrons. The number of aromatic nitrogens is 4. The fraction of sp³-hybridized carbons (Fsp3) is 0.375. The van der Waals surface area contributed by atoms with E-state index in [4.69, 9.17) is 16.3 Å². The Morgan fingerprint density at radius 1 is 1.35 bits per heavy atom. The van der Waals surface area contributed by atoms with Crippen LogP contribution in [0.2, 0.25) is 5.28 Å². The number of halogens is 4. The molecule has 2 heterocycles. The monoisotopic (exact) mass is 266 g/mol. The van der Waals surface area contributed by atoms with Crippen molar-refractivity contribution in [2.45, 2.75) is 12.6 Å². The number of alkyl halides is 3. The Morgan fingerprint density at radius 3 is 2.82 bits per heavy atom. The summed E-state index contributed by atoms with van der Waals surface area (Å²) >= 11 is 5.58. The first kappa shape index (κ1) is 11.9. The highest BCUT2D eigenvalue weighted by Gasteiger charge is 2.27. The molecule has 0 aliphatic heterocycles. The van der Waals surface area contributed by atoms with E-state index in [0.29, 0.717) is 11.0 Å². The van der Waals surface area contributed by atoms with E-state index in [9.17, 15) is 13.2 Å². The Morgan fingerprint density at radius 2 is 2.12 bits per heavy atom. The van der Waals surface area contributed by atoms with Crippen LogP contribution in [0.15, 0.2) is 6.20 Å². The summed E-state index contributed by atoms with van der Waals surface area (Å²) in [5.74, 6) is -0.0157. The number of H-pyrrole nitrogens is 1. The fourth-order valence-corrected chi connectivity index (χ4v) is 1.32. The molecule has 0 radical (unpaired) electrons. The topological polar surface area (TPSA) is 63.7 Å². The zero-order chi connectivity index (χ0) is 12.5. The Labute approximate surface area is 98.0 Å². The maximum absolute atomic E-state index is 11.9. The van der Waals surface area contributed by atoms with E-state index in [2.05, 4.69) is 20.2 Å². The molecule has 9 heteroatoms. The van der Waals surface area contributed by atoms with Crippen LogP contribution in [0.25, 0.3) is 11.0 Å². The van der Waals surface area contributed by atoms with Gasteiger partial charge in [-0.3, -0.25) is 5.10 Å². The SMILES string of the molecule is FC(F)(F)CCOc1nc(Cl)nc2[nH]ncc12. The van der Waals surface area contributed by atoms with Crippen LogP contribution in [0, 0.1) is 0 Å². The number of hydrogen-bond donors (Lipinski definition) is 1. The van der Waals surface area contributed by atoms with Gasteiger partial charge in [-0.2, -0.15) is 28.2 Å². The number of fused-ring (bicyclic) bond motifs is 1. The second-order valence-corrected chi connectivity index (χ2v) is 3.48. The molecule has 0 aliphatic carbocycles. The van der Waals surface area contributed by atoms with Crippen molar-refractivity contribution in [1.82, 2.24) is 20.2 Å². The second kappa shape index (κ2) is 4.36. The van der Waals surface area contributed by atoms with Crippen molar-refractivity contribution in [1.29, 1.82) is 0 Å². The molecule has 0 fully saturated rings. The lowest BCUT2D eigenvalue weighted by Crippen LogP contribution is -2.13.